The highest BCUT2D eigenvalue weighted by molar-refractivity contribution is 5.76. The highest BCUT2D eigenvalue weighted by atomic mass is 16.5. The van der Waals surface area contributed by atoms with Gasteiger partial charge in [-0.2, -0.15) is 0 Å². The van der Waals surface area contributed by atoms with Gasteiger partial charge in [-0.3, -0.25) is 9.59 Å². The van der Waals surface area contributed by atoms with E-state index in [9.17, 15) is 19.8 Å². The third-order valence-corrected chi connectivity index (χ3v) is 16.5. The Morgan fingerprint density at radius 1 is 0.364 bits per heavy atom. The van der Waals surface area contributed by atoms with Crippen LogP contribution >= 0.6 is 0 Å². The lowest BCUT2D eigenvalue weighted by Crippen LogP contribution is -2.45. The summed E-state index contributed by atoms with van der Waals surface area (Å²) in [6.07, 6.45) is 83.6. The molecule has 0 aromatic rings. The third kappa shape index (κ3) is 63.4. The molecule has 0 aromatic carbocycles. The second-order valence-electron chi connectivity index (χ2n) is 24.3. The van der Waals surface area contributed by atoms with Crippen LogP contribution in [0.1, 0.15) is 393 Å². The summed E-state index contributed by atoms with van der Waals surface area (Å²) in [6.45, 7) is 4.95. The molecule has 1 amide bonds. The standard InChI is InChI=1S/C71H137NO5/c1-3-5-7-9-11-13-15-17-19-21-22-23-24-25-26-27-29-32-35-39-43-47-51-55-59-63-69(74)68(67-73)72-70(75)64-60-56-52-48-44-40-36-33-30-28-31-34-38-42-46-50-54-58-62-66-77-71(76)65-61-57-53-49-45-41-37-20-18-16-14-12-10-8-6-4-2/h34,38,42,46,68-69,73-74H,3-33,35-37,39-41,43-45,47-67H2,1-2H3,(H,72,75)/b38-34-,46-42-. The van der Waals surface area contributed by atoms with Crippen molar-refractivity contribution >= 4 is 11.9 Å². The summed E-state index contributed by atoms with van der Waals surface area (Å²) >= 11 is 0. The summed E-state index contributed by atoms with van der Waals surface area (Å²) in [4.78, 5) is 24.6. The number of amides is 1. The predicted molar refractivity (Wildman–Crippen MR) is 338 cm³/mol. The van der Waals surface area contributed by atoms with E-state index in [4.69, 9.17) is 4.74 Å². The molecular weight excluding hydrogens is 947 g/mol. The van der Waals surface area contributed by atoms with Gasteiger partial charge >= 0.3 is 5.97 Å². The second-order valence-corrected chi connectivity index (χ2v) is 24.3. The minimum atomic E-state index is -0.673. The van der Waals surface area contributed by atoms with Gasteiger partial charge in [0.1, 0.15) is 0 Å². The van der Waals surface area contributed by atoms with Crippen LogP contribution in [0.3, 0.4) is 0 Å². The van der Waals surface area contributed by atoms with Crippen molar-refractivity contribution in [2.24, 2.45) is 0 Å². The van der Waals surface area contributed by atoms with Gasteiger partial charge in [0, 0.05) is 12.8 Å². The number of allylic oxidation sites excluding steroid dienone is 4. The van der Waals surface area contributed by atoms with Crippen molar-refractivity contribution in [2.75, 3.05) is 13.2 Å². The van der Waals surface area contributed by atoms with Crippen molar-refractivity contribution in [1.82, 2.24) is 5.32 Å². The van der Waals surface area contributed by atoms with Crippen LogP contribution in [0.2, 0.25) is 0 Å². The van der Waals surface area contributed by atoms with Crippen molar-refractivity contribution in [1.29, 1.82) is 0 Å². The summed E-state index contributed by atoms with van der Waals surface area (Å²) in [5, 5.41) is 23.4. The minimum Gasteiger partial charge on any atom is -0.466 e. The van der Waals surface area contributed by atoms with Crippen LogP contribution in [0.4, 0.5) is 0 Å². The molecule has 6 nitrogen and oxygen atoms in total. The smallest absolute Gasteiger partial charge is 0.305 e. The molecule has 0 rings (SSSR count). The SMILES string of the molecule is CCCCCCCCCCCCCCCCCCCCCCCCCCCC(O)C(CO)NC(=O)CCCCCCCCCCCC/C=C\C=C/CCCCCOC(=O)CCCCCCCCCCCCCCCCCC. The van der Waals surface area contributed by atoms with Gasteiger partial charge in [-0.15, -0.1) is 0 Å². The monoisotopic (exact) mass is 1080 g/mol. The molecule has 77 heavy (non-hydrogen) atoms. The first-order valence-electron chi connectivity index (χ1n) is 35.1. The van der Waals surface area contributed by atoms with Gasteiger partial charge in [0.05, 0.1) is 25.4 Å². The van der Waals surface area contributed by atoms with E-state index in [1.807, 2.05) is 0 Å². The maximum atomic E-state index is 12.6. The van der Waals surface area contributed by atoms with Crippen LogP contribution in [-0.2, 0) is 14.3 Å². The van der Waals surface area contributed by atoms with Crippen LogP contribution in [0, 0.1) is 0 Å². The molecule has 2 unspecified atom stereocenters. The molecule has 6 heteroatoms. The molecule has 0 heterocycles. The quantitative estimate of drug-likeness (QED) is 0.0320. The van der Waals surface area contributed by atoms with Gasteiger partial charge in [-0.25, -0.2) is 0 Å². The minimum absolute atomic E-state index is 0.00874. The van der Waals surface area contributed by atoms with E-state index in [2.05, 4.69) is 43.5 Å². The molecular formula is C71H137NO5. The summed E-state index contributed by atoms with van der Waals surface area (Å²) in [6, 6.07) is -0.551. The summed E-state index contributed by atoms with van der Waals surface area (Å²) in [5.41, 5.74) is 0. The van der Waals surface area contributed by atoms with E-state index >= 15 is 0 Å². The first kappa shape index (κ1) is 75.3. The highest BCUT2D eigenvalue weighted by Gasteiger charge is 2.20. The number of ether oxygens (including phenoxy) is 1. The summed E-state index contributed by atoms with van der Waals surface area (Å²) < 4.78 is 5.47. The molecule has 3 N–H and O–H groups in total. The Morgan fingerprint density at radius 2 is 0.636 bits per heavy atom. The number of aliphatic hydroxyl groups is 2. The van der Waals surface area contributed by atoms with Gasteiger partial charge in [0.15, 0.2) is 0 Å². The highest BCUT2D eigenvalue weighted by Crippen LogP contribution is 2.19. The number of rotatable bonds is 66. The molecule has 0 bridgehead atoms. The third-order valence-electron chi connectivity index (χ3n) is 16.5. The molecule has 0 radical (unpaired) electrons. The number of carbonyl (C=O) groups excluding carboxylic acids is 2. The molecule has 2 atom stereocenters. The topological polar surface area (TPSA) is 95.9 Å². The molecule has 0 fully saturated rings. The van der Waals surface area contributed by atoms with E-state index in [0.29, 0.717) is 25.9 Å². The van der Waals surface area contributed by atoms with Gasteiger partial charge in [0.25, 0.3) is 0 Å². The van der Waals surface area contributed by atoms with Crippen molar-refractivity contribution in [2.45, 2.75) is 405 Å². The zero-order valence-corrected chi connectivity index (χ0v) is 52.2. The fourth-order valence-electron chi connectivity index (χ4n) is 11.2. The van der Waals surface area contributed by atoms with Crippen molar-refractivity contribution in [3.63, 3.8) is 0 Å². The first-order valence-corrected chi connectivity index (χ1v) is 35.1. The molecule has 0 spiro atoms. The maximum absolute atomic E-state index is 12.6. The van der Waals surface area contributed by atoms with E-state index in [1.54, 1.807) is 0 Å². The maximum Gasteiger partial charge on any atom is 0.305 e. The average Bonchev–Trinajstić information content (AvgIpc) is 3.43. The lowest BCUT2D eigenvalue weighted by Gasteiger charge is -2.22. The molecule has 0 aliphatic heterocycles. The van der Waals surface area contributed by atoms with E-state index in [-0.39, 0.29) is 18.5 Å². The van der Waals surface area contributed by atoms with Crippen molar-refractivity contribution in [3.8, 4) is 0 Å². The normalized spacial score (nSPS) is 12.6. The van der Waals surface area contributed by atoms with Gasteiger partial charge < -0.3 is 20.3 Å². The molecule has 456 valence electrons. The Kier molecular flexibility index (Phi) is 65.4. The number of esters is 1. The second kappa shape index (κ2) is 66.8. The van der Waals surface area contributed by atoms with Crippen molar-refractivity contribution in [3.05, 3.63) is 24.3 Å². The zero-order chi connectivity index (χ0) is 55.7. The first-order chi connectivity index (χ1) is 38.0. The van der Waals surface area contributed by atoms with Gasteiger partial charge in [0.2, 0.25) is 5.91 Å². The summed E-state index contributed by atoms with van der Waals surface area (Å²) in [7, 11) is 0. The Morgan fingerprint density at radius 3 is 0.961 bits per heavy atom. The van der Waals surface area contributed by atoms with Crippen molar-refractivity contribution < 1.29 is 24.5 Å². The van der Waals surface area contributed by atoms with E-state index < -0.39 is 12.1 Å². The van der Waals surface area contributed by atoms with Gasteiger partial charge in [-0.1, -0.05) is 346 Å². The van der Waals surface area contributed by atoms with Crippen LogP contribution in [0.5, 0.6) is 0 Å². The molecule has 0 aliphatic rings. The lowest BCUT2D eigenvalue weighted by atomic mass is 10.0. The van der Waals surface area contributed by atoms with E-state index in [0.717, 1.165) is 70.6 Å². The lowest BCUT2D eigenvalue weighted by molar-refractivity contribution is -0.143. The molecule has 0 aromatic heterocycles. The number of hydrogen-bond donors (Lipinski definition) is 3. The fraction of sp³-hybridized carbons (Fsp3) is 0.915. The fourth-order valence-corrected chi connectivity index (χ4v) is 11.2. The molecule has 0 saturated carbocycles. The number of nitrogens with one attached hydrogen (secondary N) is 1. The van der Waals surface area contributed by atoms with E-state index in [1.165, 1.54) is 289 Å². The Balaban J connectivity index is 3.45. The summed E-state index contributed by atoms with van der Waals surface area (Å²) in [5.74, 6) is -0.0488. The van der Waals surface area contributed by atoms with Crippen LogP contribution in [0.15, 0.2) is 24.3 Å². The van der Waals surface area contributed by atoms with Crippen LogP contribution in [0.25, 0.3) is 0 Å². The Labute approximate surface area is 481 Å². The van der Waals surface area contributed by atoms with Crippen LogP contribution < -0.4 is 5.32 Å². The molecule has 0 aliphatic carbocycles. The number of hydrogen-bond acceptors (Lipinski definition) is 5. The van der Waals surface area contributed by atoms with Gasteiger partial charge in [-0.05, 0) is 57.8 Å². The Hall–Kier alpha value is -1.66. The zero-order valence-electron chi connectivity index (χ0n) is 52.2. The molecule has 0 saturated heterocycles. The number of unbranched alkanes of at least 4 members (excludes halogenated alkanes) is 52. The average molecular weight is 1080 g/mol. The Bertz CT molecular complexity index is 1200. The number of carbonyl (C=O) groups is 2. The number of aliphatic hydroxyl groups excluding tert-OH is 2. The largest absolute Gasteiger partial charge is 0.466 e. The predicted octanol–water partition coefficient (Wildman–Crippen LogP) is 22.5. The van der Waals surface area contributed by atoms with Crippen LogP contribution in [-0.4, -0.2) is 47.4 Å².